The van der Waals surface area contributed by atoms with Gasteiger partial charge in [-0.05, 0) is 50.2 Å². The lowest BCUT2D eigenvalue weighted by Crippen LogP contribution is -2.47. The molecule has 2 N–H and O–H groups in total. The van der Waals surface area contributed by atoms with Crippen LogP contribution in [-0.2, 0) is 14.4 Å². The van der Waals surface area contributed by atoms with Crippen molar-refractivity contribution in [3.05, 3.63) is 28.7 Å². The third kappa shape index (κ3) is 3.16. The SMILES string of the molecule is NC(=O)C1CCN([C@H]2CC(=O)N(c3ccc(Br)cc3)C2=O)CC1. The average molecular weight is 380 g/mol. The fourth-order valence-electron chi connectivity index (χ4n) is 3.26. The zero-order valence-electron chi connectivity index (χ0n) is 12.6. The van der Waals surface area contributed by atoms with E-state index in [-0.39, 0.29) is 30.1 Å². The minimum atomic E-state index is -0.431. The normalized spacial score (nSPS) is 23.5. The molecule has 0 unspecified atom stereocenters. The molecule has 0 bridgehead atoms. The number of nitrogens with zero attached hydrogens (tertiary/aromatic N) is 2. The smallest absolute Gasteiger partial charge is 0.251 e. The third-order valence-corrected chi connectivity index (χ3v) is 5.11. The van der Waals surface area contributed by atoms with E-state index in [2.05, 4.69) is 15.9 Å². The van der Waals surface area contributed by atoms with E-state index in [9.17, 15) is 14.4 Å². The van der Waals surface area contributed by atoms with Crippen LogP contribution in [0.2, 0.25) is 0 Å². The molecular formula is C16H18BrN3O3. The van der Waals surface area contributed by atoms with E-state index in [1.165, 1.54) is 4.90 Å². The van der Waals surface area contributed by atoms with Crippen LogP contribution < -0.4 is 10.6 Å². The number of amides is 3. The summed E-state index contributed by atoms with van der Waals surface area (Å²) in [7, 11) is 0. The van der Waals surface area contributed by atoms with Gasteiger partial charge < -0.3 is 5.73 Å². The summed E-state index contributed by atoms with van der Waals surface area (Å²) < 4.78 is 0.894. The molecule has 0 aromatic heterocycles. The summed E-state index contributed by atoms with van der Waals surface area (Å²) in [4.78, 5) is 39.5. The summed E-state index contributed by atoms with van der Waals surface area (Å²) in [5, 5.41) is 0. The van der Waals surface area contributed by atoms with Gasteiger partial charge in [0.05, 0.1) is 18.2 Å². The van der Waals surface area contributed by atoms with Gasteiger partial charge in [0.2, 0.25) is 11.8 Å². The zero-order chi connectivity index (χ0) is 16.6. The van der Waals surface area contributed by atoms with Crippen molar-refractivity contribution in [2.45, 2.75) is 25.3 Å². The minimum Gasteiger partial charge on any atom is -0.369 e. The predicted molar refractivity (Wildman–Crippen MR) is 88.5 cm³/mol. The molecule has 3 rings (SSSR count). The van der Waals surface area contributed by atoms with Gasteiger partial charge in [0.15, 0.2) is 0 Å². The van der Waals surface area contributed by atoms with Crippen LogP contribution in [0, 0.1) is 5.92 Å². The van der Waals surface area contributed by atoms with E-state index in [4.69, 9.17) is 5.73 Å². The Labute approximate surface area is 142 Å². The van der Waals surface area contributed by atoms with Gasteiger partial charge in [-0.3, -0.25) is 19.3 Å². The molecule has 0 saturated carbocycles. The van der Waals surface area contributed by atoms with E-state index in [1.54, 1.807) is 12.1 Å². The quantitative estimate of drug-likeness (QED) is 0.801. The lowest BCUT2D eigenvalue weighted by Gasteiger charge is -2.33. The number of likely N-dealkylation sites (tertiary alicyclic amines) is 1. The standard InChI is InChI=1S/C16H18BrN3O3/c17-11-1-3-12(4-2-11)20-14(21)9-13(16(20)23)19-7-5-10(6-8-19)15(18)22/h1-4,10,13H,5-9H2,(H2,18,22)/t13-/m0/s1. The van der Waals surface area contributed by atoms with E-state index in [1.807, 2.05) is 17.0 Å². The maximum Gasteiger partial charge on any atom is 0.251 e. The third-order valence-electron chi connectivity index (χ3n) is 4.58. The molecular weight excluding hydrogens is 362 g/mol. The number of primary amides is 1. The number of imide groups is 1. The molecule has 122 valence electrons. The summed E-state index contributed by atoms with van der Waals surface area (Å²) in [6, 6.07) is 6.69. The highest BCUT2D eigenvalue weighted by molar-refractivity contribution is 9.10. The van der Waals surface area contributed by atoms with Crippen molar-refractivity contribution in [3.8, 4) is 0 Å². The first-order valence-corrected chi connectivity index (χ1v) is 8.42. The van der Waals surface area contributed by atoms with Gasteiger partial charge in [-0.2, -0.15) is 0 Å². The van der Waals surface area contributed by atoms with Crippen molar-refractivity contribution in [2.24, 2.45) is 11.7 Å². The molecule has 2 aliphatic rings. The number of carbonyl (C=O) groups is 3. The summed E-state index contributed by atoms with van der Waals surface area (Å²) in [6.45, 7) is 1.23. The molecule has 2 aliphatic heterocycles. The number of hydrogen-bond acceptors (Lipinski definition) is 4. The summed E-state index contributed by atoms with van der Waals surface area (Å²) in [5.74, 6) is -0.773. The first kappa shape index (κ1) is 16.1. The second kappa shape index (κ2) is 6.41. The maximum absolute atomic E-state index is 12.7. The molecule has 1 aromatic rings. The van der Waals surface area contributed by atoms with Gasteiger partial charge in [-0.15, -0.1) is 0 Å². The number of benzene rings is 1. The Morgan fingerprint density at radius 3 is 2.30 bits per heavy atom. The zero-order valence-corrected chi connectivity index (χ0v) is 14.2. The Bertz CT molecular complexity index is 638. The van der Waals surface area contributed by atoms with Crippen LogP contribution >= 0.6 is 15.9 Å². The van der Waals surface area contributed by atoms with Crippen LogP contribution in [0.4, 0.5) is 5.69 Å². The highest BCUT2D eigenvalue weighted by Gasteiger charge is 2.43. The number of nitrogens with two attached hydrogens (primary N) is 1. The van der Waals surface area contributed by atoms with Crippen molar-refractivity contribution < 1.29 is 14.4 Å². The monoisotopic (exact) mass is 379 g/mol. The maximum atomic E-state index is 12.7. The van der Waals surface area contributed by atoms with Gasteiger partial charge in [0.1, 0.15) is 0 Å². The highest BCUT2D eigenvalue weighted by Crippen LogP contribution is 2.29. The lowest BCUT2D eigenvalue weighted by atomic mass is 9.95. The van der Waals surface area contributed by atoms with Crippen molar-refractivity contribution in [2.75, 3.05) is 18.0 Å². The fraction of sp³-hybridized carbons (Fsp3) is 0.438. The molecule has 0 radical (unpaired) electrons. The Balaban J connectivity index is 1.72. The van der Waals surface area contributed by atoms with Crippen LogP contribution in [0.15, 0.2) is 28.7 Å². The molecule has 6 nitrogen and oxygen atoms in total. The molecule has 23 heavy (non-hydrogen) atoms. The van der Waals surface area contributed by atoms with Gasteiger partial charge in [0, 0.05) is 10.4 Å². The van der Waals surface area contributed by atoms with Crippen molar-refractivity contribution in [1.82, 2.24) is 4.90 Å². The van der Waals surface area contributed by atoms with Crippen molar-refractivity contribution >= 4 is 39.3 Å². The molecule has 7 heteroatoms. The lowest BCUT2D eigenvalue weighted by molar-refractivity contribution is -0.124. The van der Waals surface area contributed by atoms with Crippen LogP contribution in [0.1, 0.15) is 19.3 Å². The molecule has 2 heterocycles. The summed E-state index contributed by atoms with van der Waals surface area (Å²) in [5.41, 5.74) is 5.93. The van der Waals surface area contributed by atoms with Gasteiger partial charge in [-0.1, -0.05) is 15.9 Å². The Hall–Kier alpha value is -1.73. The van der Waals surface area contributed by atoms with Gasteiger partial charge >= 0.3 is 0 Å². The first-order chi connectivity index (χ1) is 11.0. The van der Waals surface area contributed by atoms with E-state index >= 15 is 0 Å². The second-order valence-electron chi connectivity index (χ2n) is 5.98. The van der Waals surface area contributed by atoms with Crippen LogP contribution in [0.5, 0.6) is 0 Å². The Kier molecular flexibility index (Phi) is 4.50. The number of carbonyl (C=O) groups excluding carboxylic acids is 3. The molecule has 1 aromatic carbocycles. The van der Waals surface area contributed by atoms with Crippen LogP contribution in [0.25, 0.3) is 0 Å². The molecule has 1 atom stereocenters. The number of anilines is 1. The van der Waals surface area contributed by atoms with Crippen molar-refractivity contribution in [1.29, 1.82) is 0 Å². The van der Waals surface area contributed by atoms with Gasteiger partial charge in [-0.25, -0.2) is 4.90 Å². The van der Waals surface area contributed by atoms with Crippen LogP contribution in [0.3, 0.4) is 0 Å². The molecule has 2 saturated heterocycles. The highest BCUT2D eigenvalue weighted by atomic mass is 79.9. The minimum absolute atomic E-state index is 0.124. The van der Waals surface area contributed by atoms with E-state index < -0.39 is 6.04 Å². The number of halogens is 1. The molecule has 0 aliphatic carbocycles. The van der Waals surface area contributed by atoms with Gasteiger partial charge in [0.25, 0.3) is 5.91 Å². The average Bonchev–Trinajstić information content (AvgIpc) is 2.83. The fourth-order valence-corrected chi connectivity index (χ4v) is 3.52. The largest absolute Gasteiger partial charge is 0.369 e. The molecule has 3 amide bonds. The van der Waals surface area contributed by atoms with Crippen LogP contribution in [-0.4, -0.2) is 41.8 Å². The molecule has 2 fully saturated rings. The predicted octanol–water partition coefficient (Wildman–Crippen LogP) is 1.28. The van der Waals surface area contributed by atoms with Crippen molar-refractivity contribution in [3.63, 3.8) is 0 Å². The number of hydrogen-bond donors (Lipinski definition) is 1. The Morgan fingerprint density at radius 2 is 1.74 bits per heavy atom. The first-order valence-electron chi connectivity index (χ1n) is 7.63. The summed E-state index contributed by atoms with van der Waals surface area (Å²) in [6.07, 6.45) is 1.48. The second-order valence-corrected chi connectivity index (χ2v) is 6.89. The number of piperidine rings is 1. The Morgan fingerprint density at radius 1 is 1.13 bits per heavy atom. The van der Waals surface area contributed by atoms with E-state index in [0.29, 0.717) is 31.6 Å². The molecule has 0 spiro atoms. The number of rotatable bonds is 3. The topological polar surface area (TPSA) is 83.7 Å². The van der Waals surface area contributed by atoms with E-state index in [0.717, 1.165) is 4.47 Å². The summed E-state index contributed by atoms with van der Waals surface area (Å²) >= 11 is 3.34.